The van der Waals surface area contributed by atoms with Gasteiger partial charge >= 0.3 is 23.9 Å². The van der Waals surface area contributed by atoms with Crippen LogP contribution in [0.5, 0.6) is 0 Å². The number of aliphatic carboxylic acids is 1. The van der Waals surface area contributed by atoms with Crippen molar-refractivity contribution in [1.29, 1.82) is 0 Å². The smallest absolute Gasteiger partial charge is 0.306 e. The molecule has 0 atom stereocenters. The number of carbonyl (C=O) groups is 4. The fourth-order valence-electron chi connectivity index (χ4n) is 7.48. The summed E-state index contributed by atoms with van der Waals surface area (Å²) in [7, 11) is 0. The molecule has 0 spiro atoms. The van der Waals surface area contributed by atoms with E-state index in [1.807, 2.05) is 13.8 Å². The van der Waals surface area contributed by atoms with Gasteiger partial charge in [0.15, 0.2) is 0 Å². The quantitative estimate of drug-likeness (QED) is 0.0197. The summed E-state index contributed by atoms with van der Waals surface area (Å²) < 4.78 is 15.5. The maximum absolute atomic E-state index is 11.6. The minimum Gasteiger partial charge on any atom is -0.481 e. The van der Waals surface area contributed by atoms with Crippen LogP contribution in [0.3, 0.4) is 0 Å². The van der Waals surface area contributed by atoms with Gasteiger partial charge in [-0.25, -0.2) is 0 Å². The zero-order chi connectivity index (χ0) is 53.5. The maximum Gasteiger partial charge on any atom is 0.306 e. The van der Waals surface area contributed by atoms with E-state index in [4.69, 9.17) is 34.6 Å². The molecule has 0 amide bonds. The fourth-order valence-corrected chi connectivity index (χ4v) is 7.48. The van der Waals surface area contributed by atoms with Gasteiger partial charge in [0.1, 0.15) is 6.10 Å². The molecule has 0 aliphatic rings. The maximum atomic E-state index is 11.6. The molecular weight excluding hydrogens is 897 g/mol. The molecule has 11 nitrogen and oxygen atoms in total. The average molecular weight is 1020 g/mol. The summed E-state index contributed by atoms with van der Waals surface area (Å²) in [5.74, 6) is -0.980. The molecule has 0 radical (unpaired) electrons. The lowest BCUT2D eigenvalue weighted by atomic mass is 10.1. The predicted octanol–water partition coefficient (Wildman–Crippen LogP) is 16.4. The number of aliphatic hydroxyl groups excluding tert-OH is 3. The minimum atomic E-state index is -0.954. The number of rotatable bonds is 49. The van der Waals surface area contributed by atoms with Crippen LogP contribution < -0.4 is 0 Å². The Kier molecular flexibility index (Phi) is 71.3. The number of unbranched alkanes of at least 4 members (excludes halogenated alkanes) is 32. The van der Waals surface area contributed by atoms with Gasteiger partial charge in [-0.15, -0.1) is 0 Å². The van der Waals surface area contributed by atoms with E-state index in [-0.39, 0.29) is 37.2 Å². The van der Waals surface area contributed by atoms with Crippen LogP contribution >= 0.6 is 0 Å². The van der Waals surface area contributed by atoms with Crippen molar-refractivity contribution in [3.8, 4) is 0 Å². The third-order valence-electron chi connectivity index (χ3n) is 12.0. The lowest BCUT2D eigenvalue weighted by Crippen LogP contribution is -2.15. The Balaban J connectivity index is -0.000000453. The summed E-state index contributed by atoms with van der Waals surface area (Å²) in [6.45, 7) is 13.1. The SMILES string of the molecule is CCCCCCCCC=CCCCCCCCC(=O)O.CCCCCCCCCCCCCC(=O)OC(C)C.CCCCCCCCOC(=O)CCCCC(=O)OCCCCCCCC.OCC(O)CO. The minimum absolute atomic E-state index is 0.0280. The molecule has 0 heterocycles. The average Bonchev–Trinajstić information content (AvgIpc) is 3.35. The normalized spacial score (nSPS) is 10.9. The Morgan fingerprint density at radius 2 is 0.648 bits per heavy atom. The Morgan fingerprint density at radius 3 is 0.944 bits per heavy atom. The molecule has 0 aromatic heterocycles. The van der Waals surface area contributed by atoms with Crippen molar-refractivity contribution in [3.05, 3.63) is 12.2 Å². The largest absolute Gasteiger partial charge is 0.481 e. The number of aliphatic hydroxyl groups is 3. The Hall–Kier alpha value is -2.50. The van der Waals surface area contributed by atoms with Gasteiger partial charge in [-0.2, -0.15) is 0 Å². The fraction of sp³-hybridized carbons (Fsp3) is 0.900. The summed E-state index contributed by atoms with van der Waals surface area (Å²) in [5, 5.41) is 32.5. The van der Waals surface area contributed by atoms with Crippen molar-refractivity contribution in [1.82, 2.24) is 0 Å². The molecule has 71 heavy (non-hydrogen) atoms. The van der Waals surface area contributed by atoms with Gasteiger partial charge in [-0.1, -0.05) is 220 Å². The molecule has 0 aliphatic carbocycles. The highest BCUT2D eigenvalue weighted by Crippen LogP contribution is 2.14. The molecule has 0 aromatic carbocycles. The zero-order valence-corrected chi connectivity index (χ0v) is 47.5. The van der Waals surface area contributed by atoms with Gasteiger partial charge in [0.05, 0.1) is 32.5 Å². The Morgan fingerprint density at radius 1 is 0.380 bits per heavy atom. The second kappa shape index (κ2) is 67.5. The number of carbonyl (C=O) groups excluding carboxylic acids is 3. The van der Waals surface area contributed by atoms with E-state index in [9.17, 15) is 19.2 Å². The number of carboxylic acids is 1. The zero-order valence-electron chi connectivity index (χ0n) is 47.5. The number of allylic oxidation sites excluding steroid dienone is 2. The third kappa shape index (κ3) is 79.1. The van der Waals surface area contributed by atoms with Crippen molar-refractivity contribution in [3.63, 3.8) is 0 Å². The van der Waals surface area contributed by atoms with Crippen LogP contribution in [0.1, 0.15) is 311 Å². The highest BCUT2D eigenvalue weighted by Gasteiger charge is 2.07. The molecular formula is C60H118O11. The molecule has 424 valence electrons. The van der Waals surface area contributed by atoms with Crippen LogP contribution in [-0.2, 0) is 33.4 Å². The first-order valence-corrected chi connectivity index (χ1v) is 29.7. The van der Waals surface area contributed by atoms with Crippen LogP contribution in [-0.4, -0.2) is 82.9 Å². The molecule has 11 heteroatoms. The second-order valence-electron chi connectivity index (χ2n) is 19.8. The van der Waals surface area contributed by atoms with Gasteiger partial charge in [-0.05, 0) is 78.1 Å². The van der Waals surface area contributed by atoms with Gasteiger partial charge in [0, 0.05) is 25.7 Å². The molecule has 0 fully saturated rings. The summed E-state index contributed by atoms with van der Waals surface area (Å²) in [6.07, 6.45) is 51.9. The van der Waals surface area contributed by atoms with Crippen molar-refractivity contribution >= 4 is 23.9 Å². The van der Waals surface area contributed by atoms with Crippen LogP contribution in [0.4, 0.5) is 0 Å². The van der Waals surface area contributed by atoms with E-state index in [1.54, 1.807) is 0 Å². The van der Waals surface area contributed by atoms with Crippen molar-refractivity contribution in [2.45, 2.75) is 323 Å². The highest BCUT2D eigenvalue weighted by atomic mass is 16.5. The lowest BCUT2D eigenvalue weighted by molar-refractivity contribution is -0.147. The third-order valence-corrected chi connectivity index (χ3v) is 12.0. The van der Waals surface area contributed by atoms with Gasteiger partial charge in [0.2, 0.25) is 0 Å². The van der Waals surface area contributed by atoms with Gasteiger partial charge in [0.25, 0.3) is 0 Å². The van der Waals surface area contributed by atoms with E-state index < -0.39 is 12.1 Å². The summed E-state index contributed by atoms with van der Waals surface area (Å²) in [6, 6.07) is 0. The van der Waals surface area contributed by atoms with Crippen LogP contribution in [0.15, 0.2) is 12.2 Å². The number of ether oxygens (including phenoxy) is 3. The Bertz CT molecular complexity index is 1060. The lowest BCUT2D eigenvalue weighted by Gasteiger charge is -2.07. The number of esters is 3. The van der Waals surface area contributed by atoms with Crippen LogP contribution in [0.2, 0.25) is 0 Å². The van der Waals surface area contributed by atoms with E-state index in [1.165, 1.54) is 186 Å². The highest BCUT2D eigenvalue weighted by molar-refractivity contribution is 5.70. The molecule has 0 saturated heterocycles. The van der Waals surface area contributed by atoms with E-state index in [2.05, 4.69) is 39.8 Å². The molecule has 0 aliphatic heterocycles. The van der Waals surface area contributed by atoms with Gasteiger partial charge < -0.3 is 34.6 Å². The first-order valence-electron chi connectivity index (χ1n) is 29.7. The van der Waals surface area contributed by atoms with Crippen LogP contribution in [0.25, 0.3) is 0 Å². The molecule has 0 rings (SSSR count). The first-order chi connectivity index (χ1) is 34.4. The van der Waals surface area contributed by atoms with Crippen molar-refractivity contribution in [2.75, 3.05) is 26.4 Å². The number of hydrogen-bond acceptors (Lipinski definition) is 10. The number of hydrogen-bond donors (Lipinski definition) is 4. The molecule has 0 aromatic rings. The number of carboxylic acid groups (broad SMARTS) is 1. The summed E-state index contributed by atoms with van der Waals surface area (Å²) in [4.78, 5) is 44.8. The predicted molar refractivity (Wildman–Crippen MR) is 297 cm³/mol. The first kappa shape index (κ1) is 75.0. The van der Waals surface area contributed by atoms with Crippen molar-refractivity contribution in [2.24, 2.45) is 0 Å². The van der Waals surface area contributed by atoms with E-state index >= 15 is 0 Å². The molecule has 4 N–H and O–H groups in total. The summed E-state index contributed by atoms with van der Waals surface area (Å²) >= 11 is 0. The van der Waals surface area contributed by atoms with Gasteiger partial charge in [-0.3, -0.25) is 19.2 Å². The second-order valence-corrected chi connectivity index (χ2v) is 19.8. The monoisotopic (exact) mass is 1010 g/mol. The summed E-state index contributed by atoms with van der Waals surface area (Å²) in [5.41, 5.74) is 0. The van der Waals surface area contributed by atoms with E-state index in [0.717, 1.165) is 44.9 Å². The van der Waals surface area contributed by atoms with E-state index in [0.29, 0.717) is 51.7 Å². The molecule has 0 saturated carbocycles. The standard InChI is InChI=1S/C22H42O4.C18H34O2.C17H34O2.C3H8O3/c1-3-5-7-9-11-15-19-25-21(23)17-13-14-18-22(24)26-20-16-12-10-8-6-4-2;1-2-3-4-5-6-7-8-9-10-11-12-13-14-15-16-17-18(19)20;1-4-5-6-7-8-9-10-11-12-13-14-15-17(18)19-16(2)3;4-1-3(6)2-5/h3-20H2,1-2H3;9-10H,2-8,11-17H2,1H3,(H,19,20);16H,4-15H2,1-3H3;3-6H,1-2H2. The van der Waals surface area contributed by atoms with Crippen molar-refractivity contribution < 1.29 is 53.8 Å². The molecule has 0 unspecified atom stereocenters. The topological polar surface area (TPSA) is 177 Å². The van der Waals surface area contributed by atoms with Crippen LogP contribution in [0, 0.1) is 0 Å². The molecule has 0 bridgehead atoms. The Labute approximate surface area is 438 Å².